The van der Waals surface area contributed by atoms with Crippen LogP contribution < -0.4 is 0 Å². The van der Waals surface area contributed by atoms with E-state index in [0.717, 1.165) is 24.4 Å². The van der Waals surface area contributed by atoms with Gasteiger partial charge in [-0.3, -0.25) is 0 Å². The summed E-state index contributed by atoms with van der Waals surface area (Å²) in [6.45, 7) is 5.74. The average molecular weight is 233 g/mol. The van der Waals surface area contributed by atoms with E-state index in [1.165, 1.54) is 25.9 Å². The van der Waals surface area contributed by atoms with Crippen molar-refractivity contribution >= 4 is 0 Å². The topological polar surface area (TPSA) is 23.5 Å². The lowest BCUT2D eigenvalue weighted by atomic mass is 9.98. The summed E-state index contributed by atoms with van der Waals surface area (Å²) in [5.74, 6) is 0.880. The zero-order valence-corrected chi connectivity index (χ0v) is 10.7. The van der Waals surface area contributed by atoms with Gasteiger partial charge < -0.3 is 10.0 Å². The van der Waals surface area contributed by atoms with Crippen LogP contribution in [0.15, 0.2) is 30.3 Å². The number of nitrogens with zero attached hydrogens (tertiary/aromatic N) is 1. The molecule has 0 bridgehead atoms. The Morgan fingerprint density at radius 1 is 1.24 bits per heavy atom. The highest BCUT2D eigenvalue weighted by molar-refractivity contribution is 5.17. The van der Waals surface area contributed by atoms with E-state index in [1.54, 1.807) is 0 Å². The van der Waals surface area contributed by atoms with Gasteiger partial charge in [-0.05, 0) is 43.8 Å². The second-order valence-corrected chi connectivity index (χ2v) is 5.24. The van der Waals surface area contributed by atoms with Gasteiger partial charge in [-0.15, -0.1) is 0 Å². The Hall–Kier alpha value is -0.860. The van der Waals surface area contributed by atoms with Crippen molar-refractivity contribution < 1.29 is 5.11 Å². The molecule has 0 aliphatic carbocycles. The predicted molar refractivity (Wildman–Crippen MR) is 70.9 cm³/mol. The van der Waals surface area contributed by atoms with Crippen molar-refractivity contribution in [2.24, 2.45) is 5.92 Å². The van der Waals surface area contributed by atoms with Crippen molar-refractivity contribution in [2.75, 3.05) is 19.6 Å². The molecule has 0 aromatic heterocycles. The number of aliphatic hydroxyl groups excluding tert-OH is 1. The second-order valence-electron chi connectivity index (χ2n) is 5.24. The number of likely N-dealkylation sites (tertiary alicyclic amines) is 1. The lowest BCUT2D eigenvalue weighted by Crippen LogP contribution is -2.34. The quantitative estimate of drug-likeness (QED) is 0.864. The minimum Gasteiger partial charge on any atom is -0.388 e. The molecule has 0 saturated carbocycles. The third-order valence-electron chi connectivity index (χ3n) is 3.78. The van der Waals surface area contributed by atoms with Crippen LogP contribution >= 0.6 is 0 Å². The van der Waals surface area contributed by atoms with Crippen LogP contribution in [0.4, 0.5) is 0 Å². The van der Waals surface area contributed by atoms with Gasteiger partial charge in [-0.2, -0.15) is 0 Å². The van der Waals surface area contributed by atoms with Crippen molar-refractivity contribution in [2.45, 2.75) is 32.3 Å². The highest BCUT2D eigenvalue weighted by Crippen LogP contribution is 2.20. The molecule has 1 aromatic rings. The summed E-state index contributed by atoms with van der Waals surface area (Å²) >= 11 is 0. The highest BCUT2D eigenvalue weighted by Gasteiger charge is 2.16. The van der Waals surface area contributed by atoms with E-state index in [-0.39, 0.29) is 6.10 Å². The molecule has 2 rings (SSSR count). The average Bonchev–Trinajstić information content (AvgIpc) is 2.39. The number of benzene rings is 1. The van der Waals surface area contributed by atoms with Crippen molar-refractivity contribution in [1.29, 1.82) is 0 Å². The van der Waals surface area contributed by atoms with Gasteiger partial charge >= 0.3 is 0 Å². The maximum Gasteiger partial charge on any atom is 0.0802 e. The maximum absolute atomic E-state index is 10.1. The molecule has 0 unspecified atom stereocenters. The third-order valence-corrected chi connectivity index (χ3v) is 3.78. The van der Waals surface area contributed by atoms with Crippen LogP contribution in [0.5, 0.6) is 0 Å². The smallest absolute Gasteiger partial charge is 0.0802 e. The van der Waals surface area contributed by atoms with E-state index in [4.69, 9.17) is 0 Å². The Balaban J connectivity index is 1.75. The molecule has 1 heterocycles. The first-order chi connectivity index (χ1) is 8.25. The van der Waals surface area contributed by atoms with E-state index in [9.17, 15) is 5.11 Å². The van der Waals surface area contributed by atoms with Crippen molar-refractivity contribution in [3.63, 3.8) is 0 Å². The number of rotatable bonds is 4. The van der Waals surface area contributed by atoms with Crippen LogP contribution in [-0.4, -0.2) is 29.6 Å². The molecule has 17 heavy (non-hydrogen) atoms. The van der Waals surface area contributed by atoms with E-state index in [1.807, 2.05) is 30.3 Å². The standard InChI is InChI=1S/C15H23NO/c1-13-7-10-16(11-8-13)12-9-15(17)14-5-3-2-4-6-14/h2-6,13,15,17H,7-12H2,1H3/t15-/m0/s1. The lowest BCUT2D eigenvalue weighted by Gasteiger charge is -2.30. The fourth-order valence-electron chi connectivity index (χ4n) is 2.43. The molecule has 1 saturated heterocycles. The Kier molecular flexibility index (Phi) is 4.57. The third kappa shape index (κ3) is 3.83. The fourth-order valence-corrected chi connectivity index (χ4v) is 2.43. The van der Waals surface area contributed by atoms with Crippen LogP contribution in [-0.2, 0) is 0 Å². The molecule has 1 aliphatic rings. The molecule has 1 aromatic carbocycles. The van der Waals surface area contributed by atoms with Crippen molar-refractivity contribution in [3.8, 4) is 0 Å². The Morgan fingerprint density at radius 2 is 1.88 bits per heavy atom. The van der Waals surface area contributed by atoms with Gasteiger partial charge in [0.2, 0.25) is 0 Å². The van der Waals surface area contributed by atoms with Gasteiger partial charge in [0.05, 0.1) is 6.10 Å². The molecule has 0 amide bonds. The van der Waals surface area contributed by atoms with Gasteiger partial charge in [0.25, 0.3) is 0 Å². The van der Waals surface area contributed by atoms with Gasteiger partial charge in [0.1, 0.15) is 0 Å². The van der Waals surface area contributed by atoms with Gasteiger partial charge in [0, 0.05) is 6.54 Å². The van der Waals surface area contributed by atoms with Gasteiger partial charge in [0.15, 0.2) is 0 Å². The Bertz CT molecular complexity index is 317. The first-order valence-corrected chi connectivity index (χ1v) is 6.71. The van der Waals surface area contributed by atoms with E-state index in [2.05, 4.69) is 11.8 Å². The second kappa shape index (κ2) is 6.18. The first-order valence-electron chi connectivity index (χ1n) is 6.71. The van der Waals surface area contributed by atoms with Crippen LogP contribution in [0.25, 0.3) is 0 Å². The van der Waals surface area contributed by atoms with Crippen molar-refractivity contribution in [1.82, 2.24) is 4.90 Å². The predicted octanol–water partition coefficient (Wildman–Crippen LogP) is 2.84. The van der Waals surface area contributed by atoms with E-state index in [0.29, 0.717) is 0 Å². The molecule has 0 radical (unpaired) electrons. The zero-order valence-electron chi connectivity index (χ0n) is 10.7. The highest BCUT2D eigenvalue weighted by atomic mass is 16.3. The number of hydrogen-bond acceptors (Lipinski definition) is 2. The lowest BCUT2D eigenvalue weighted by molar-refractivity contribution is 0.125. The van der Waals surface area contributed by atoms with Gasteiger partial charge in [-0.25, -0.2) is 0 Å². The van der Waals surface area contributed by atoms with Crippen LogP contribution in [0.2, 0.25) is 0 Å². The van der Waals surface area contributed by atoms with E-state index >= 15 is 0 Å². The zero-order chi connectivity index (χ0) is 12.1. The molecule has 1 atom stereocenters. The molecule has 1 fully saturated rings. The summed E-state index contributed by atoms with van der Waals surface area (Å²) in [7, 11) is 0. The maximum atomic E-state index is 10.1. The fraction of sp³-hybridized carbons (Fsp3) is 0.600. The summed E-state index contributed by atoms with van der Waals surface area (Å²) < 4.78 is 0. The van der Waals surface area contributed by atoms with E-state index < -0.39 is 0 Å². The first kappa shape index (κ1) is 12.6. The summed E-state index contributed by atoms with van der Waals surface area (Å²) in [6.07, 6.45) is 3.15. The summed E-state index contributed by atoms with van der Waals surface area (Å²) in [5.41, 5.74) is 1.04. The summed E-state index contributed by atoms with van der Waals surface area (Å²) in [4.78, 5) is 2.48. The summed E-state index contributed by atoms with van der Waals surface area (Å²) in [6, 6.07) is 9.97. The molecular formula is C15H23NO. The molecule has 0 spiro atoms. The SMILES string of the molecule is CC1CCN(CC[C@H](O)c2ccccc2)CC1. The number of aliphatic hydroxyl groups is 1. The molecule has 2 nitrogen and oxygen atoms in total. The minimum atomic E-state index is -0.310. The monoisotopic (exact) mass is 233 g/mol. The van der Waals surface area contributed by atoms with Crippen LogP contribution in [0.1, 0.15) is 37.9 Å². The summed E-state index contributed by atoms with van der Waals surface area (Å²) in [5, 5.41) is 10.1. The minimum absolute atomic E-state index is 0.310. The van der Waals surface area contributed by atoms with Crippen molar-refractivity contribution in [3.05, 3.63) is 35.9 Å². The molecule has 1 N–H and O–H groups in total. The number of hydrogen-bond donors (Lipinski definition) is 1. The molecule has 94 valence electrons. The molecule has 1 aliphatic heterocycles. The van der Waals surface area contributed by atoms with Crippen LogP contribution in [0, 0.1) is 5.92 Å². The largest absolute Gasteiger partial charge is 0.388 e. The van der Waals surface area contributed by atoms with Gasteiger partial charge in [-0.1, -0.05) is 37.3 Å². The normalized spacial score (nSPS) is 20.4. The Morgan fingerprint density at radius 3 is 2.53 bits per heavy atom. The molecule has 2 heteroatoms. The Labute approximate surface area is 104 Å². The molecular weight excluding hydrogens is 210 g/mol. The van der Waals surface area contributed by atoms with Crippen LogP contribution in [0.3, 0.4) is 0 Å². The number of piperidine rings is 1.